The Morgan fingerprint density at radius 1 is 1.13 bits per heavy atom. The second-order valence-corrected chi connectivity index (χ2v) is 13.5. The molecule has 47 heavy (non-hydrogen) atoms. The number of pyridine rings is 1. The smallest absolute Gasteiger partial charge is 0.336 e. The van der Waals surface area contributed by atoms with Gasteiger partial charge in [-0.05, 0) is 86.3 Å². The summed E-state index contributed by atoms with van der Waals surface area (Å²) in [5.41, 5.74) is 14.6. The summed E-state index contributed by atoms with van der Waals surface area (Å²) in [6.45, 7) is 1.02. The summed E-state index contributed by atoms with van der Waals surface area (Å²) in [4.78, 5) is 31.8. The van der Waals surface area contributed by atoms with Crippen LogP contribution in [-0.4, -0.2) is 40.0 Å². The zero-order valence-corrected chi connectivity index (χ0v) is 27.4. The number of benzene rings is 2. The minimum absolute atomic E-state index is 0.0647. The molecule has 3 aromatic heterocycles. The van der Waals surface area contributed by atoms with E-state index in [1.54, 1.807) is 6.07 Å². The molecule has 5 aromatic rings. The first-order valence-corrected chi connectivity index (χ1v) is 16.5. The molecule has 10 nitrogen and oxygen atoms in total. The maximum Gasteiger partial charge on any atom is 0.336 e. The van der Waals surface area contributed by atoms with Crippen molar-refractivity contribution in [1.29, 1.82) is 0 Å². The third kappa shape index (κ3) is 6.60. The van der Waals surface area contributed by atoms with Crippen molar-refractivity contribution in [3.63, 3.8) is 0 Å². The number of unbranched alkanes of at least 4 members (excludes halogenated alkanes) is 1. The number of nitrogens with one attached hydrogen (secondary N) is 1. The molecule has 0 saturated heterocycles. The number of amides is 1. The number of halogens is 1. The highest BCUT2D eigenvalue weighted by atomic mass is 35.5. The number of fused-ring (bicyclic) bond motifs is 6. The minimum atomic E-state index is -0.478. The van der Waals surface area contributed by atoms with Crippen molar-refractivity contribution < 1.29 is 9.21 Å². The Balaban J connectivity index is 0.894. The number of allylic oxidation sites excluding steroid dienone is 2. The second kappa shape index (κ2) is 12.8. The van der Waals surface area contributed by atoms with Crippen molar-refractivity contribution in [2.75, 3.05) is 24.7 Å². The lowest BCUT2D eigenvalue weighted by molar-refractivity contribution is -0.120. The van der Waals surface area contributed by atoms with Gasteiger partial charge in [-0.1, -0.05) is 28.5 Å². The number of aryl methyl sites for hydroxylation is 1. The standard InChI is InChI=1S/C36H38ClN7O3/c1-43(2)27-7-9-28-23(16-34(46)47-32(28)18-27)15-33(45)39-19-26-20-44(42-41-26)10-4-3-5-21-11-22-13-24(12-21)35-31(14-22)40-30-17-25(37)6-8-29(30)36(35)38/h6-9,11,16-18,20,22,24H,3-5,10,12-15,19H2,1-2H3,(H2,38,40)(H,39,45). The highest BCUT2D eigenvalue weighted by molar-refractivity contribution is 6.31. The molecular formula is C36H38ClN7O3. The second-order valence-electron chi connectivity index (χ2n) is 13.0. The summed E-state index contributed by atoms with van der Waals surface area (Å²) in [5, 5.41) is 13.8. The van der Waals surface area contributed by atoms with Gasteiger partial charge < -0.3 is 20.4 Å². The van der Waals surface area contributed by atoms with E-state index in [4.69, 9.17) is 26.7 Å². The van der Waals surface area contributed by atoms with Crippen LogP contribution >= 0.6 is 11.6 Å². The fraction of sp³-hybridized carbons (Fsp3) is 0.361. The third-order valence-electron chi connectivity index (χ3n) is 9.41. The van der Waals surface area contributed by atoms with E-state index in [0.29, 0.717) is 33.7 Å². The lowest BCUT2D eigenvalue weighted by Gasteiger charge is -2.36. The van der Waals surface area contributed by atoms with Crippen molar-refractivity contribution in [2.24, 2.45) is 5.92 Å². The molecule has 2 aliphatic rings. The molecule has 2 aliphatic carbocycles. The number of carbonyl (C=O) groups is 1. The van der Waals surface area contributed by atoms with Gasteiger partial charge in [0, 0.05) is 71.2 Å². The Morgan fingerprint density at radius 2 is 1.98 bits per heavy atom. The Bertz CT molecular complexity index is 2080. The largest absolute Gasteiger partial charge is 0.423 e. The van der Waals surface area contributed by atoms with E-state index in [-0.39, 0.29) is 18.9 Å². The van der Waals surface area contributed by atoms with Crippen LogP contribution in [0.4, 0.5) is 11.4 Å². The van der Waals surface area contributed by atoms with Gasteiger partial charge in [0.05, 0.1) is 24.7 Å². The maximum atomic E-state index is 12.8. The van der Waals surface area contributed by atoms with Crippen LogP contribution in [0.5, 0.6) is 0 Å². The molecule has 2 unspecified atom stereocenters. The van der Waals surface area contributed by atoms with Gasteiger partial charge in [-0.25, -0.2) is 4.79 Å². The van der Waals surface area contributed by atoms with Gasteiger partial charge in [-0.15, -0.1) is 5.10 Å². The van der Waals surface area contributed by atoms with E-state index < -0.39 is 5.63 Å². The number of aromatic nitrogens is 4. The van der Waals surface area contributed by atoms with Crippen LogP contribution in [0.3, 0.4) is 0 Å². The predicted octanol–water partition coefficient (Wildman–Crippen LogP) is 5.94. The van der Waals surface area contributed by atoms with Crippen LogP contribution in [0, 0.1) is 5.92 Å². The van der Waals surface area contributed by atoms with E-state index in [9.17, 15) is 9.59 Å². The Labute approximate surface area is 277 Å². The molecule has 3 N–H and O–H groups in total. The zero-order chi connectivity index (χ0) is 32.7. The lowest BCUT2D eigenvalue weighted by atomic mass is 9.70. The van der Waals surface area contributed by atoms with Crippen LogP contribution in [0.1, 0.15) is 60.5 Å². The Hall–Kier alpha value is -4.70. The molecule has 3 heterocycles. The zero-order valence-electron chi connectivity index (χ0n) is 26.6. The number of carbonyl (C=O) groups excluding carboxylic acids is 1. The summed E-state index contributed by atoms with van der Waals surface area (Å²) in [5.74, 6) is 0.714. The Kier molecular flexibility index (Phi) is 8.44. The maximum absolute atomic E-state index is 12.8. The summed E-state index contributed by atoms with van der Waals surface area (Å²) in [6, 6.07) is 12.8. The number of anilines is 2. The fourth-order valence-electron chi connectivity index (χ4n) is 7.20. The monoisotopic (exact) mass is 651 g/mol. The summed E-state index contributed by atoms with van der Waals surface area (Å²) in [7, 11) is 3.83. The number of hydrogen-bond donors (Lipinski definition) is 2. The van der Waals surface area contributed by atoms with Gasteiger partial charge >= 0.3 is 5.63 Å². The molecule has 0 aliphatic heterocycles. The summed E-state index contributed by atoms with van der Waals surface area (Å²) >= 11 is 6.22. The van der Waals surface area contributed by atoms with Crippen LogP contribution in [0.2, 0.25) is 5.02 Å². The van der Waals surface area contributed by atoms with E-state index >= 15 is 0 Å². The average molecular weight is 652 g/mol. The van der Waals surface area contributed by atoms with Gasteiger partial charge in [0.1, 0.15) is 11.3 Å². The van der Waals surface area contributed by atoms with Crippen LogP contribution < -0.4 is 21.6 Å². The van der Waals surface area contributed by atoms with Gasteiger partial charge in [-0.2, -0.15) is 0 Å². The van der Waals surface area contributed by atoms with E-state index in [2.05, 4.69) is 21.7 Å². The quantitative estimate of drug-likeness (QED) is 0.108. The first-order chi connectivity index (χ1) is 22.7. The Morgan fingerprint density at radius 3 is 2.83 bits per heavy atom. The molecule has 2 atom stereocenters. The predicted molar refractivity (Wildman–Crippen MR) is 185 cm³/mol. The number of nitrogens with zero attached hydrogens (tertiary/aromatic N) is 5. The normalized spacial score (nSPS) is 17.0. The molecule has 0 radical (unpaired) electrons. The van der Waals surface area contributed by atoms with E-state index in [0.717, 1.165) is 78.4 Å². The van der Waals surface area contributed by atoms with Crippen molar-refractivity contribution in [3.05, 3.63) is 98.3 Å². The van der Waals surface area contributed by atoms with Crippen molar-refractivity contribution in [3.8, 4) is 0 Å². The molecule has 2 bridgehead atoms. The number of rotatable bonds is 10. The number of nitrogen functional groups attached to an aromatic ring is 1. The first-order valence-electron chi connectivity index (χ1n) is 16.2. The SMILES string of the molecule is CN(C)c1ccc2c(CC(=O)NCc3cn(CCCCC4=CC5Cc6nc7cc(Cl)ccc7c(N)c6C(C4)C5)nn3)cc(=O)oc2c1. The van der Waals surface area contributed by atoms with Crippen molar-refractivity contribution in [1.82, 2.24) is 25.3 Å². The van der Waals surface area contributed by atoms with Crippen LogP contribution in [-0.2, 0) is 30.7 Å². The number of hydrogen-bond acceptors (Lipinski definition) is 8. The van der Waals surface area contributed by atoms with Gasteiger partial charge in [0.15, 0.2) is 0 Å². The van der Waals surface area contributed by atoms with Crippen molar-refractivity contribution in [2.45, 2.75) is 64.0 Å². The molecule has 7 rings (SSSR count). The number of nitrogens with two attached hydrogens (primary N) is 1. The third-order valence-corrected chi connectivity index (χ3v) is 9.64. The van der Waals surface area contributed by atoms with Crippen molar-refractivity contribution >= 4 is 50.8 Å². The fourth-order valence-corrected chi connectivity index (χ4v) is 7.36. The van der Waals surface area contributed by atoms with Gasteiger partial charge in [0.2, 0.25) is 5.91 Å². The molecule has 0 saturated carbocycles. The molecule has 242 valence electrons. The lowest BCUT2D eigenvalue weighted by Crippen LogP contribution is -2.25. The average Bonchev–Trinajstić information content (AvgIpc) is 3.49. The van der Waals surface area contributed by atoms with Gasteiger partial charge in [0.25, 0.3) is 0 Å². The first kappa shape index (κ1) is 30.9. The van der Waals surface area contributed by atoms with Gasteiger partial charge in [-0.3, -0.25) is 14.5 Å². The summed E-state index contributed by atoms with van der Waals surface area (Å²) in [6.07, 6.45) is 10.6. The molecule has 11 heteroatoms. The minimum Gasteiger partial charge on any atom is -0.423 e. The molecule has 2 aromatic carbocycles. The molecule has 0 fully saturated rings. The molecule has 0 spiro atoms. The highest BCUT2D eigenvalue weighted by Crippen LogP contribution is 2.47. The van der Waals surface area contributed by atoms with Crippen LogP contribution in [0.15, 0.2) is 69.5 Å². The highest BCUT2D eigenvalue weighted by Gasteiger charge is 2.33. The summed E-state index contributed by atoms with van der Waals surface area (Å²) < 4.78 is 7.22. The van der Waals surface area contributed by atoms with E-state index in [1.807, 2.05) is 60.2 Å². The topological polar surface area (TPSA) is 132 Å². The molecule has 1 amide bonds. The van der Waals surface area contributed by atoms with E-state index in [1.165, 1.54) is 17.2 Å². The molecular weight excluding hydrogens is 614 g/mol. The van der Waals surface area contributed by atoms with Crippen LogP contribution in [0.25, 0.3) is 21.9 Å².